The minimum atomic E-state index is -0.326. The van der Waals surface area contributed by atoms with Crippen LogP contribution in [0.5, 0.6) is 0 Å². The number of rotatable bonds is 6. The van der Waals surface area contributed by atoms with Gasteiger partial charge in [0.05, 0.1) is 11.0 Å². The Balaban J connectivity index is 2.04. The predicted molar refractivity (Wildman–Crippen MR) is 82.4 cm³/mol. The summed E-state index contributed by atoms with van der Waals surface area (Å²) in [6.45, 7) is 5.50. The minimum absolute atomic E-state index is 0.153. The fraction of sp³-hybridized carbons (Fsp3) is 0.571. The molecule has 0 spiro atoms. The smallest absolute Gasteiger partial charge is 0.292 e. The van der Waals surface area contributed by atoms with E-state index in [0.717, 1.165) is 24.3 Å². The fourth-order valence-electron chi connectivity index (χ4n) is 2.29. The Kier molecular flexibility index (Phi) is 5.25. The van der Waals surface area contributed by atoms with E-state index in [1.54, 1.807) is 12.1 Å². The van der Waals surface area contributed by atoms with Gasteiger partial charge in [0, 0.05) is 30.2 Å². The van der Waals surface area contributed by atoms with Crippen LogP contribution in [0.3, 0.4) is 0 Å². The van der Waals surface area contributed by atoms with Crippen molar-refractivity contribution in [2.24, 2.45) is 0 Å². The van der Waals surface area contributed by atoms with Crippen molar-refractivity contribution in [1.29, 1.82) is 0 Å². The number of nitro groups is 1. The van der Waals surface area contributed by atoms with Gasteiger partial charge in [-0.05, 0) is 31.9 Å². The molecule has 0 bridgehead atoms. The van der Waals surface area contributed by atoms with Crippen molar-refractivity contribution in [1.82, 2.24) is 0 Å². The number of hydrogen-bond acceptors (Lipinski definition) is 5. The van der Waals surface area contributed by atoms with E-state index in [9.17, 15) is 10.1 Å². The summed E-state index contributed by atoms with van der Waals surface area (Å²) in [5, 5.41) is 14.6. The Morgan fingerprint density at radius 3 is 2.95 bits per heavy atom. The predicted octanol–water partition coefficient (Wildman–Crippen LogP) is 3.44. The molecule has 0 aromatic heterocycles. The van der Waals surface area contributed by atoms with E-state index < -0.39 is 0 Å². The summed E-state index contributed by atoms with van der Waals surface area (Å²) >= 11 is 1.82. The maximum atomic E-state index is 11.1. The second kappa shape index (κ2) is 6.95. The lowest BCUT2D eigenvalue weighted by atomic mass is 10.2. The molecule has 6 heteroatoms. The van der Waals surface area contributed by atoms with Crippen LogP contribution >= 0.6 is 11.8 Å². The number of nitrogens with zero attached hydrogens (tertiary/aromatic N) is 1. The van der Waals surface area contributed by atoms with Gasteiger partial charge in [0.1, 0.15) is 5.69 Å². The number of thioether (sulfide) groups is 1. The molecule has 0 radical (unpaired) electrons. The summed E-state index contributed by atoms with van der Waals surface area (Å²) in [5.41, 5.74) is 1.73. The summed E-state index contributed by atoms with van der Waals surface area (Å²) in [4.78, 5) is 10.8. The van der Waals surface area contributed by atoms with Gasteiger partial charge >= 0.3 is 0 Å². The Morgan fingerprint density at radius 2 is 2.35 bits per heavy atom. The van der Waals surface area contributed by atoms with Crippen LogP contribution in [0.25, 0.3) is 0 Å². The number of benzene rings is 1. The molecule has 0 saturated carbocycles. The van der Waals surface area contributed by atoms with Gasteiger partial charge < -0.3 is 10.1 Å². The molecule has 0 aliphatic carbocycles. The highest BCUT2D eigenvalue weighted by Gasteiger charge is 2.24. The summed E-state index contributed by atoms with van der Waals surface area (Å²) in [6, 6.07) is 5.43. The van der Waals surface area contributed by atoms with Gasteiger partial charge in [-0.15, -0.1) is 0 Å². The van der Waals surface area contributed by atoms with Crippen LogP contribution in [-0.4, -0.2) is 29.4 Å². The Hall–Kier alpha value is -1.27. The third kappa shape index (κ3) is 3.64. The molecule has 1 N–H and O–H groups in total. The first-order valence-corrected chi connectivity index (χ1v) is 7.91. The van der Waals surface area contributed by atoms with Crippen molar-refractivity contribution in [2.45, 2.75) is 37.4 Å². The van der Waals surface area contributed by atoms with Crippen LogP contribution in [0.4, 0.5) is 11.4 Å². The van der Waals surface area contributed by atoms with Crippen molar-refractivity contribution in [3.63, 3.8) is 0 Å². The quantitative estimate of drug-likeness (QED) is 0.643. The standard InChI is InChI=1S/C14H20N2O3S/c1-3-15-12-5-4-11(8-13(12)16(17)18)9-20-14-6-7-19-10(14)2/h4-5,8,10,14-15H,3,6-7,9H2,1-2H3. The summed E-state index contributed by atoms with van der Waals surface area (Å²) < 4.78 is 5.53. The Bertz CT molecular complexity index is 481. The van der Waals surface area contributed by atoms with Crippen LogP contribution in [0.1, 0.15) is 25.8 Å². The highest BCUT2D eigenvalue weighted by Crippen LogP contribution is 2.31. The van der Waals surface area contributed by atoms with Crippen LogP contribution < -0.4 is 5.32 Å². The zero-order chi connectivity index (χ0) is 14.5. The number of nitro benzene ring substituents is 1. The van der Waals surface area contributed by atoms with E-state index >= 15 is 0 Å². The van der Waals surface area contributed by atoms with Gasteiger partial charge in [0.2, 0.25) is 0 Å². The molecule has 110 valence electrons. The molecular formula is C14H20N2O3S. The van der Waals surface area contributed by atoms with Crippen LogP contribution in [0, 0.1) is 10.1 Å². The van der Waals surface area contributed by atoms with Crippen molar-refractivity contribution in [3.05, 3.63) is 33.9 Å². The van der Waals surface area contributed by atoms with Crippen LogP contribution in [0.2, 0.25) is 0 Å². The van der Waals surface area contributed by atoms with Gasteiger partial charge in [0.15, 0.2) is 0 Å². The molecule has 1 aliphatic heterocycles. The molecule has 1 aliphatic rings. The summed E-state index contributed by atoms with van der Waals surface area (Å²) in [5.74, 6) is 0.783. The van der Waals surface area contributed by atoms with Crippen LogP contribution in [-0.2, 0) is 10.5 Å². The van der Waals surface area contributed by atoms with E-state index in [4.69, 9.17) is 4.74 Å². The van der Waals surface area contributed by atoms with E-state index in [1.807, 2.05) is 24.8 Å². The van der Waals surface area contributed by atoms with Gasteiger partial charge in [-0.1, -0.05) is 6.07 Å². The molecule has 1 fully saturated rings. The maximum absolute atomic E-state index is 11.1. The van der Waals surface area contributed by atoms with E-state index in [0.29, 0.717) is 17.5 Å². The number of anilines is 1. The molecule has 2 rings (SSSR count). The van der Waals surface area contributed by atoms with E-state index in [-0.39, 0.29) is 16.7 Å². The largest absolute Gasteiger partial charge is 0.380 e. The molecule has 2 unspecified atom stereocenters. The third-order valence-corrected chi connectivity index (χ3v) is 4.94. The zero-order valence-corrected chi connectivity index (χ0v) is 12.6. The van der Waals surface area contributed by atoms with Gasteiger partial charge in [0.25, 0.3) is 5.69 Å². The average Bonchev–Trinajstić information content (AvgIpc) is 2.83. The maximum Gasteiger partial charge on any atom is 0.292 e. The van der Waals surface area contributed by atoms with Crippen molar-refractivity contribution < 1.29 is 9.66 Å². The Morgan fingerprint density at radius 1 is 1.55 bits per heavy atom. The first-order valence-electron chi connectivity index (χ1n) is 6.86. The number of nitrogens with one attached hydrogen (secondary N) is 1. The van der Waals surface area contributed by atoms with Gasteiger partial charge in [-0.2, -0.15) is 11.8 Å². The highest BCUT2D eigenvalue weighted by molar-refractivity contribution is 7.99. The first-order chi connectivity index (χ1) is 9.61. The topological polar surface area (TPSA) is 64.4 Å². The summed E-state index contributed by atoms with van der Waals surface area (Å²) in [6.07, 6.45) is 1.33. The second-order valence-electron chi connectivity index (χ2n) is 4.85. The van der Waals surface area contributed by atoms with Crippen molar-refractivity contribution in [2.75, 3.05) is 18.5 Å². The lowest BCUT2D eigenvalue weighted by molar-refractivity contribution is -0.384. The molecule has 2 atom stereocenters. The zero-order valence-electron chi connectivity index (χ0n) is 11.8. The summed E-state index contributed by atoms with van der Waals surface area (Å²) in [7, 11) is 0. The Labute approximate surface area is 123 Å². The monoisotopic (exact) mass is 296 g/mol. The molecule has 0 amide bonds. The molecule has 5 nitrogen and oxygen atoms in total. The fourth-order valence-corrected chi connectivity index (χ4v) is 3.49. The lowest BCUT2D eigenvalue weighted by Crippen LogP contribution is -2.13. The third-order valence-electron chi connectivity index (χ3n) is 3.40. The number of ether oxygens (including phenoxy) is 1. The molecule has 1 aromatic rings. The first kappa shape index (κ1) is 15.1. The highest BCUT2D eigenvalue weighted by atomic mass is 32.2. The van der Waals surface area contributed by atoms with Crippen molar-refractivity contribution >= 4 is 23.1 Å². The SMILES string of the molecule is CCNc1ccc(CSC2CCOC2C)cc1[N+](=O)[O-]. The van der Waals surface area contributed by atoms with E-state index in [2.05, 4.69) is 12.2 Å². The van der Waals surface area contributed by atoms with Crippen molar-refractivity contribution in [3.8, 4) is 0 Å². The lowest BCUT2D eigenvalue weighted by Gasteiger charge is -2.13. The van der Waals surface area contributed by atoms with Crippen LogP contribution in [0.15, 0.2) is 18.2 Å². The molecule has 1 saturated heterocycles. The van der Waals surface area contributed by atoms with E-state index in [1.165, 1.54) is 0 Å². The second-order valence-corrected chi connectivity index (χ2v) is 6.08. The minimum Gasteiger partial charge on any atom is -0.380 e. The average molecular weight is 296 g/mol. The van der Waals surface area contributed by atoms with Gasteiger partial charge in [-0.3, -0.25) is 10.1 Å². The van der Waals surface area contributed by atoms with Gasteiger partial charge in [-0.25, -0.2) is 0 Å². The molecule has 20 heavy (non-hydrogen) atoms. The molecule has 1 heterocycles. The molecule has 1 aromatic carbocycles. The molecular weight excluding hydrogens is 276 g/mol. The normalized spacial score (nSPS) is 21.9. The number of hydrogen-bond donors (Lipinski definition) is 1.